The van der Waals surface area contributed by atoms with Gasteiger partial charge in [-0.15, -0.1) is 0 Å². The number of rotatable bonds is 2. The van der Waals surface area contributed by atoms with E-state index in [-0.39, 0.29) is 11.8 Å². The smallest absolute Gasteiger partial charge is 0.259 e. The third-order valence-corrected chi connectivity index (χ3v) is 3.10. The highest BCUT2D eigenvalue weighted by Gasteiger charge is 2.26. The van der Waals surface area contributed by atoms with Gasteiger partial charge in [-0.25, -0.2) is 0 Å². The number of hydrogen-bond acceptors (Lipinski definition) is 3. The van der Waals surface area contributed by atoms with E-state index in [0.29, 0.717) is 17.2 Å². The Morgan fingerprint density at radius 1 is 1.18 bits per heavy atom. The van der Waals surface area contributed by atoms with E-state index in [1.165, 1.54) is 0 Å². The zero-order valence-corrected chi connectivity index (χ0v) is 9.19. The van der Waals surface area contributed by atoms with E-state index < -0.39 is 0 Å². The summed E-state index contributed by atoms with van der Waals surface area (Å²) in [5.74, 6) is -0.618. The second-order valence-electron chi connectivity index (χ2n) is 4.30. The van der Waals surface area contributed by atoms with Gasteiger partial charge in [0.15, 0.2) is 0 Å². The summed E-state index contributed by atoms with van der Waals surface area (Å²) in [7, 11) is 0. The van der Waals surface area contributed by atoms with Crippen LogP contribution in [0.15, 0.2) is 30.4 Å². The highest BCUT2D eigenvalue weighted by molar-refractivity contribution is 6.21. The van der Waals surface area contributed by atoms with Crippen LogP contribution >= 0.6 is 0 Å². The summed E-state index contributed by atoms with van der Waals surface area (Å²) in [4.78, 5) is 22.9. The summed E-state index contributed by atoms with van der Waals surface area (Å²) >= 11 is 0. The Bertz CT molecular complexity index is 534. The fourth-order valence-corrected chi connectivity index (χ4v) is 2.22. The first-order chi connectivity index (χ1) is 8.24. The fraction of sp³-hybridized carbons (Fsp3) is 0.231. The van der Waals surface area contributed by atoms with Crippen LogP contribution in [0, 0.1) is 0 Å². The molecule has 0 aromatic heterocycles. The molecule has 0 spiro atoms. The van der Waals surface area contributed by atoms with Crippen LogP contribution in [0.4, 0.5) is 5.69 Å². The average Bonchev–Trinajstić information content (AvgIpc) is 2.89. The van der Waals surface area contributed by atoms with Crippen molar-refractivity contribution >= 4 is 17.5 Å². The Labute approximate surface area is 98.7 Å². The number of fused-ring (bicyclic) bond motifs is 1. The number of carbonyl (C=O) groups excluding carboxylic acids is 2. The minimum absolute atomic E-state index is 0.308. The van der Waals surface area contributed by atoms with Gasteiger partial charge in [0.25, 0.3) is 11.8 Å². The molecule has 0 radical (unpaired) electrons. The van der Waals surface area contributed by atoms with Crippen molar-refractivity contribution in [3.05, 3.63) is 41.5 Å². The van der Waals surface area contributed by atoms with Crippen LogP contribution < -0.4 is 10.6 Å². The van der Waals surface area contributed by atoms with Crippen LogP contribution in [0.3, 0.4) is 0 Å². The zero-order valence-electron chi connectivity index (χ0n) is 9.19. The average molecular weight is 228 g/mol. The summed E-state index contributed by atoms with van der Waals surface area (Å²) in [6.45, 7) is 0. The molecule has 86 valence electrons. The van der Waals surface area contributed by atoms with Crippen LogP contribution in [-0.2, 0) is 0 Å². The Balaban J connectivity index is 1.88. The van der Waals surface area contributed by atoms with E-state index in [1.807, 2.05) is 6.07 Å². The van der Waals surface area contributed by atoms with Gasteiger partial charge in [0.05, 0.1) is 11.1 Å². The molecule has 1 heterocycles. The third-order valence-electron chi connectivity index (χ3n) is 3.10. The molecule has 2 aliphatic rings. The Kier molecular flexibility index (Phi) is 2.21. The predicted molar refractivity (Wildman–Crippen MR) is 64.0 cm³/mol. The van der Waals surface area contributed by atoms with Crippen LogP contribution in [0.5, 0.6) is 0 Å². The number of amides is 2. The lowest BCUT2D eigenvalue weighted by molar-refractivity contribution is 0.0879. The van der Waals surface area contributed by atoms with Crippen molar-refractivity contribution in [3.8, 4) is 0 Å². The molecule has 1 aromatic carbocycles. The van der Waals surface area contributed by atoms with Gasteiger partial charge in [-0.3, -0.25) is 14.9 Å². The molecule has 1 aromatic rings. The quantitative estimate of drug-likeness (QED) is 0.598. The number of hydrogen-bond donors (Lipinski definition) is 2. The molecule has 1 aliphatic carbocycles. The molecule has 3 rings (SSSR count). The van der Waals surface area contributed by atoms with Crippen molar-refractivity contribution < 1.29 is 9.59 Å². The molecule has 1 aliphatic heterocycles. The molecular weight excluding hydrogens is 216 g/mol. The van der Waals surface area contributed by atoms with Crippen LogP contribution in [0.2, 0.25) is 0 Å². The maximum absolute atomic E-state index is 11.5. The largest absolute Gasteiger partial charge is 0.379 e. The lowest BCUT2D eigenvalue weighted by atomic mass is 10.1. The number of anilines is 1. The van der Waals surface area contributed by atoms with E-state index >= 15 is 0 Å². The standard InChI is InChI=1S/C13H12N2O2/c16-12-10-6-5-9(7-11(10)13(17)15-12)14-8-3-1-2-4-8/h1,3,5-8,14H,2,4H2,(H,15,16,17). The minimum atomic E-state index is -0.310. The Hall–Kier alpha value is -2.10. The molecule has 0 saturated carbocycles. The van der Waals surface area contributed by atoms with Gasteiger partial charge < -0.3 is 5.32 Å². The van der Waals surface area contributed by atoms with Crippen molar-refractivity contribution in [1.29, 1.82) is 0 Å². The lowest BCUT2D eigenvalue weighted by Crippen LogP contribution is -2.19. The number of imide groups is 1. The van der Waals surface area contributed by atoms with Gasteiger partial charge in [0, 0.05) is 11.7 Å². The summed E-state index contributed by atoms with van der Waals surface area (Å²) in [5.41, 5.74) is 1.80. The summed E-state index contributed by atoms with van der Waals surface area (Å²) in [5, 5.41) is 5.61. The van der Waals surface area contributed by atoms with Crippen molar-refractivity contribution in [2.75, 3.05) is 5.32 Å². The molecule has 4 nitrogen and oxygen atoms in total. The van der Waals surface area contributed by atoms with Crippen LogP contribution in [0.1, 0.15) is 33.6 Å². The Morgan fingerprint density at radius 2 is 2.00 bits per heavy atom. The van der Waals surface area contributed by atoms with Crippen molar-refractivity contribution in [1.82, 2.24) is 5.32 Å². The molecular formula is C13H12N2O2. The second-order valence-corrected chi connectivity index (χ2v) is 4.30. The molecule has 0 saturated heterocycles. The number of carbonyl (C=O) groups is 2. The topological polar surface area (TPSA) is 58.2 Å². The van der Waals surface area contributed by atoms with E-state index in [1.54, 1.807) is 12.1 Å². The zero-order chi connectivity index (χ0) is 11.8. The molecule has 2 amide bonds. The van der Waals surface area contributed by atoms with E-state index in [9.17, 15) is 9.59 Å². The maximum atomic E-state index is 11.5. The normalized spacial score (nSPS) is 21.5. The first-order valence-corrected chi connectivity index (χ1v) is 5.67. The highest BCUT2D eigenvalue weighted by Crippen LogP contribution is 2.22. The van der Waals surface area contributed by atoms with Gasteiger partial charge in [-0.2, -0.15) is 0 Å². The molecule has 17 heavy (non-hydrogen) atoms. The van der Waals surface area contributed by atoms with Gasteiger partial charge in [-0.1, -0.05) is 12.2 Å². The summed E-state index contributed by atoms with van der Waals surface area (Å²) < 4.78 is 0. The molecule has 1 atom stereocenters. The van der Waals surface area contributed by atoms with E-state index in [4.69, 9.17) is 0 Å². The molecule has 4 heteroatoms. The molecule has 2 N–H and O–H groups in total. The fourth-order valence-electron chi connectivity index (χ4n) is 2.22. The molecule has 1 unspecified atom stereocenters. The van der Waals surface area contributed by atoms with Crippen molar-refractivity contribution in [2.45, 2.75) is 18.9 Å². The monoisotopic (exact) mass is 228 g/mol. The van der Waals surface area contributed by atoms with Gasteiger partial charge in [0.2, 0.25) is 0 Å². The van der Waals surface area contributed by atoms with Crippen molar-refractivity contribution in [2.24, 2.45) is 0 Å². The Morgan fingerprint density at radius 3 is 2.76 bits per heavy atom. The summed E-state index contributed by atoms with van der Waals surface area (Å²) in [6, 6.07) is 5.59. The summed E-state index contributed by atoms with van der Waals surface area (Å²) in [6.07, 6.45) is 6.42. The third kappa shape index (κ3) is 1.71. The number of nitrogens with one attached hydrogen (secondary N) is 2. The molecule has 0 fully saturated rings. The minimum Gasteiger partial charge on any atom is -0.379 e. The van der Waals surface area contributed by atoms with Gasteiger partial charge in [-0.05, 0) is 31.0 Å². The van der Waals surface area contributed by atoms with Gasteiger partial charge in [0.1, 0.15) is 0 Å². The first-order valence-electron chi connectivity index (χ1n) is 5.67. The SMILES string of the molecule is O=C1NC(=O)c2cc(NC3C=CCC3)ccc21. The maximum Gasteiger partial charge on any atom is 0.259 e. The predicted octanol–water partition coefficient (Wildman–Crippen LogP) is 1.70. The number of allylic oxidation sites excluding steroid dienone is 1. The van der Waals surface area contributed by atoms with E-state index in [2.05, 4.69) is 22.8 Å². The van der Waals surface area contributed by atoms with Crippen LogP contribution in [0.25, 0.3) is 0 Å². The van der Waals surface area contributed by atoms with Gasteiger partial charge >= 0.3 is 0 Å². The lowest BCUT2D eigenvalue weighted by Gasteiger charge is -2.12. The van der Waals surface area contributed by atoms with E-state index in [0.717, 1.165) is 18.5 Å². The van der Waals surface area contributed by atoms with Crippen LogP contribution in [-0.4, -0.2) is 17.9 Å². The first kappa shape index (κ1) is 10.1. The van der Waals surface area contributed by atoms with Crippen molar-refractivity contribution in [3.63, 3.8) is 0 Å². The number of benzene rings is 1. The second kappa shape index (κ2) is 3.73. The molecule has 0 bridgehead atoms. The highest BCUT2D eigenvalue weighted by atomic mass is 16.2.